The molecule has 1 fully saturated rings. The first kappa shape index (κ1) is 13.2. The number of nitrogens with two attached hydrogens (primary N) is 1. The van der Waals surface area contributed by atoms with Crippen molar-refractivity contribution in [2.45, 2.75) is 12.8 Å². The average Bonchev–Trinajstić information content (AvgIpc) is 2.85. The van der Waals surface area contributed by atoms with Crippen molar-refractivity contribution in [3.05, 3.63) is 28.8 Å². The standard InChI is InChI=1S/C13H17ClN2O2/c14-11-5-3-4-10(12(11)15)13(17)18-9-8-16-6-1-2-7-16/h3-5H,1-2,6-9,15H2. The summed E-state index contributed by atoms with van der Waals surface area (Å²) in [6.07, 6.45) is 2.46. The van der Waals surface area contributed by atoms with Gasteiger partial charge in [0, 0.05) is 6.54 Å². The van der Waals surface area contributed by atoms with E-state index in [1.165, 1.54) is 12.8 Å². The molecule has 1 saturated heterocycles. The molecule has 2 rings (SSSR count). The van der Waals surface area contributed by atoms with Crippen molar-refractivity contribution in [3.63, 3.8) is 0 Å². The highest BCUT2D eigenvalue weighted by Gasteiger charge is 2.15. The van der Waals surface area contributed by atoms with Gasteiger partial charge in [-0.2, -0.15) is 0 Å². The average molecular weight is 269 g/mol. The summed E-state index contributed by atoms with van der Waals surface area (Å²) >= 11 is 5.85. The predicted molar refractivity (Wildman–Crippen MR) is 71.8 cm³/mol. The molecule has 2 N–H and O–H groups in total. The Hall–Kier alpha value is -1.26. The van der Waals surface area contributed by atoms with Crippen molar-refractivity contribution in [1.82, 2.24) is 4.90 Å². The van der Waals surface area contributed by atoms with Gasteiger partial charge in [0.2, 0.25) is 0 Å². The molecule has 1 aliphatic rings. The Bertz CT molecular complexity index is 431. The second-order valence-corrected chi connectivity index (χ2v) is 4.79. The van der Waals surface area contributed by atoms with Gasteiger partial charge in [-0.1, -0.05) is 17.7 Å². The number of benzene rings is 1. The molecule has 1 aromatic carbocycles. The summed E-state index contributed by atoms with van der Waals surface area (Å²) in [6.45, 7) is 3.37. The number of para-hydroxylation sites is 1. The van der Waals surface area contributed by atoms with E-state index in [-0.39, 0.29) is 5.69 Å². The summed E-state index contributed by atoms with van der Waals surface area (Å²) in [6, 6.07) is 4.97. The summed E-state index contributed by atoms with van der Waals surface area (Å²) in [7, 11) is 0. The van der Waals surface area contributed by atoms with E-state index in [4.69, 9.17) is 22.1 Å². The van der Waals surface area contributed by atoms with Gasteiger partial charge < -0.3 is 10.5 Å². The molecule has 0 atom stereocenters. The molecule has 5 heteroatoms. The Morgan fingerprint density at radius 2 is 2.11 bits per heavy atom. The number of anilines is 1. The molecule has 0 radical (unpaired) electrons. The molecule has 1 aromatic rings. The third kappa shape index (κ3) is 3.15. The molecule has 0 amide bonds. The fourth-order valence-corrected chi connectivity index (χ4v) is 2.24. The van der Waals surface area contributed by atoms with Crippen LogP contribution in [-0.4, -0.2) is 37.1 Å². The molecule has 1 aliphatic heterocycles. The molecule has 0 aliphatic carbocycles. The van der Waals surface area contributed by atoms with Gasteiger partial charge in [0.05, 0.1) is 16.3 Å². The Balaban J connectivity index is 1.85. The third-order valence-electron chi connectivity index (χ3n) is 3.11. The fourth-order valence-electron chi connectivity index (χ4n) is 2.07. The number of nitrogen functional groups attached to an aromatic ring is 1. The van der Waals surface area contributed by atoms with Crippen LogP contribution < -0.4 is 5.73 Å². The van der Waals surface area contributed by atoms with Gasteiger partial charge in [-0.05, 0) is 38.1 Å². The molecule has 4 nitrogen and oxygen atoms in total. The number of ether oxygens (including phenoxy) is 1. The second kappa shape index (κ2) is 6.07. The van der Waals surface area contributed by atoms with E-state index in [1.807, 2.05) is 0 Å². The maximum absolute atomic E-state index is 11.8. The molecular formula is C13H17ClN2O2. The quantitative estimate of drug-likeness (QED) is 0.672. The molecule has 0 spiro atoms. The second-order valence-electron chi connectivity index (χ2n) is 4.39. The number of nitrogens with zero attached hydrogens (tertiary/aromatic N) is 1. The lowest BCUT2D eigenvalue weighted by Crippen LogP contribution is -2.25. The van der Waals surface area contributed by atoms with Crippen molar-refractivity contribution in [3.8, 4) is 0 Å². The zero-order valence-electron chi connectivity index (χ0n) is 10.2. The first-order valence-corrected chi connectivity index (χ1v) is 6.50. The van der Waals surface area contributed by atoms with E-state index >= 15 is 0 Å². The fraction of sp³-hybridized carbons (Fsp3) is 0.462. The molecule has 98 valence electrons. The largest absolute Gasteiger partial charge is 0.461 e. The monoisotopic (exact) mass is 268 g/mol. The van der Waals surface area contributed by atoms with E-state index < -0.39 is 5.97 Å². The lowest BCUT2D eigenvalue weighted by molar-refractivity contribution is 0.0473. The summed E-state index contributed by atoms with van der Waals surface area (Å²) in [5, 5.41) is 0.379. The Morgan fingerprint density at radius 3 is 2.83 bits per heavy atom. The van der Waals surface area contributed by atoms with E-state index in [0.717, 1.165) is 19.6 Å². The van der Waals surface area contributed by atoms with Crippen molar-refractivity contribution in [2.75, 3.05) is 32.0 Å². The summed E-state index contributed by atoms with van der Waals surface area (Å²) in [4.78, 5) is 14.1. The highest BCUT2D eigenvalue weighted by Crippen LogP contribution is 2.22. The van der Waals surface area contributed by atoms with E-state index in [0.29, 0.717) is 17.2 Å². The van der Waals surface area contributed by atoms with Crippen molar-refractivity contribution >= 4 is 23.3 Å². The van der Waals surface area contributed by atoms with Gasteiger partial charge in [0.15, 0.2) is 0 Å². The van der Waals surface area contributed by atoms with E-state index in [9.17, 15) is 4.79 Å². The lowest BCUT2D eigenvalue weighted by atomic mass is 10.2. The zero-order valence-corrected chi connectivity index (χ0v) is 10.9. The minimum absolute atomic E-state index is 0.283. The number of rotatable bonds is 4. The highest BCUT2D eigenvalue weighted by atomic mass is 35.5. The lowest BCUT2D eigenvalue weighted by Gasteiger charge is -2.14. The number of carbonyl (C=O) groups excluding carboxylic acids is 1. The predicted octanol–water partition coefficient (Wildman–Crippen LogP) is 2.17. The summed E-state index contributed by atoms with van der Waals surface area (Å²) < 4.78 is 5.21. The van der Waals surface area contributed by atoms with Gasteiger partial charge >= 0.3 is 5.97 Å². The Labute approximate surface area is 112 Å². The number of carbonyl (C=O) groups is 1. The molecule has 0 unspecified atom stereocenters. The van der Waals surface area contributed by atoms with Crippen LogP contribution in [0.15, 0.2) is 18.2 Å². The van der Waals surface area contributed by atoms with Crippen LogP contribution in [0.2, 0.25) is 5.02 Å². The van der Waals surface area contributed by atoms with Crippen LogP contribution in [0, 0.1) is 0 Å². The molecule has 0 bridgehead atoms. The first-order valence-electron chi connectivity index (χ1n) is 6.12. The van der Waals surface area contributed by atoms with Crippen LogP contribution in [-0.2, 0) is 4.74 Å². The van der Waals surface area contributed by atoms with Crippen LogP contribution in [0.25, 0.3) is 0 Å². The topological polar surface area (TPSA) is 55.6 Å². The van der Waals surface area contributed by atoms with Crippen molar-refractivity contribution < 1.29 is 9.53 Å². The van der Waals surface area contributed by atoms with Crippen LogP contribution in [0.1, 0.15) is 23.2 Å². The first-order chi connectivity index (χ1) is 8.68. The molecule has 1 heterocycles. The minimum atomic E-state index is -0.408. The number of hydrogen-bond acceptors (Lipinski definition) is 4. The minimum Gasteiger partial charge on any atom is -0.461 e. The van der Waals surface area contributed by atoms with E-state index in [2.05, 4.69) is 4.90 Å². The summed E-state index contributed by atoms with van der Waals surface area (Å²) in [5.41, 5.74) is 6.35. The van der Waals surface area contributed by atoms with Crippen molar-refractivity contribution in [1.29, 1.82) is 0 Å². The van der Waals surface area contributed by atoms with Crippen molar-refractivity contribution in [2.24, 2.45) is 0 Å². The zero-order chi connectivity index (χ0) is 13.0. The van der Waals surface area contributed by atoms with Crippen LogP contribution in [0.5, 0.6) is 0 Å². The maximum atomic E-state index is 11.8. The summed E-state index contributed by atoms with van der Waals surface area (Å²) in [5.74, 6) is -0.408. The smallest absolute Gasteiger partial charge is 0.340 e. The van der Waals surface area contributed by atoms with Gasteiger partial charge in [-0.25, -0.2) is 4.79 Å². The molecule has 0 aromatic heterocycles. The van der Waals surface area contributed by atoms with Crippen LogP contribution in [0.3, 0.4) is 0 Å². The SMILES string of the molecule is Nc1c(Cl)cccc1C(=O)OCCN1CCCC1. The maximum Gasteiger partial charge on any atom is 0.340 e. The normalized spacial score (nSPS) is 15.8. The highest BCUT2D eigenvalue weighted by molar-refractivity contribution is 6.33. The van der Waals surface area contributed by atoms with Crippen LogP contribution >= 0.6 is 11.6 Å². The molecule has 0 saturated carbocycles. The Kier molecular flexibility index (Phi) is 4.44. The number of esters is 1. The molecular weight excluding hydrogens is 252 g/mol. The molecule has 18 heavy (non-hydrogen) atoms. The van der Waals surface area contributed by atoms with Gasteiger partial charge in [-0.3, -0.25) is 4.90 Å². The van der Waals surface area contributed by atoms with Gasteiger partial charge in [0.1, 0.15) is 6.61 Å². The van der Waals surface area contributed by atoms with E-state index in [1.54, 1.807) is 18.2 Å². The third-order valence-corrected chi connectivity index (χ3v) is 3.44. The van der Waals surface area contributed by atoms with Gasteiger partial charge in [0.25, 0.3) is 0 Å². The number of hydrogen-bond donors (Lipinski definition) is 1. The Morgan fingerprint density at radius 1 is 1.39 bits per heavy atom. The number of halogens is 1. The number of likely N-dealkylation sites (tertiary alicyclic amines) is 1. The van der Waals surface area contributed by atoms with Crippen LogP contribution in [0.4, 0.5) is 5.69 Å². The van der Waals surface area contributed by atoms with Gasteiger partial charge in [-0.15, -0.1) is 0 Å².